The van der Waals surface area contributed by atoms with E-state index >= 15 is 0 Å². The van der Waals surface area contributed by atoms with Crippen molar-refractivity contribution in [3.05, 3.63) is 63.5 Å². The first-order chi connectivity index (χ1) is 9.88. The highest BCUT2D eigenvalue weighted by atomic mass is 19.1. The molecule has 0 bridgehead atoms. The fourth-order valence-corrected chi connectivity index (χ4v) is 1.83. The van der Waals surface area contributed by atoms with Gasteiger partial charge in [-0.3, -0.25) is 10.1 Å². The molecule has 0 aliphatic rings. The Morgan fingerprint density at radius 3 is 2.52 bits per heavy atom. The van der Waals surface area contributed by atoms with Crippen LogP contribution in [0.1, 0.15) is 24.2 Å². The van der Waals surface area contributed by atoms with Gasteiger partial charge in [0, 0.05) is 6.07 Å². The number of hydrogen-bond donors (Lipinski definition) is 1. The van der Waals surface area contributed by atoms with Crippen LogP contribution in [-0.2, 0) is 0 Å². The molecule has 0 saturated heterocycles. The minimum atomic E-state index is -0.804. The van der Waals surface area contributed by atoms with E-state index in [1.165, 1.54) is 31.2 Å². The summed E-state index contributed by atoms with van der Waals surface area (Å²) in [7, 11) is 0. The quantitative estimate of drug-likeness (QED) is 0.685. The van der Waals surface area contributed by atoms with Crippen LogP contribution in [0, 0.1) is 22.9 Å². The zero-order valence-corrected chi connectivity index (χ0v) is 11.5. The third-order valence-electron chi connectivity index (χ3n) is 2.97. The Balaban J connectivity index is 2.38. The van der Waals surface area contributed by atoms with Crippen molar-refractivity contribution in [2.24, 2.45) is 0 Å². The number of nitrogens with zero attached hydrogens (tertiary/aromatic N) is 1. The Bertz CT molecular complexity index is 685. The van der Waals surface area contributed by atoms with Crippen LogP contribution in [0.5, 0.6) is 11.5 Å². The number of benzene rings is 2. The second-order valence-corrected chi connectivity index (χ2v) is 4.70. The van der Waals surface area contributed by atoms with Crippen molar-refractivity contribution in [3.8, 4) is 11.5 Å². The van der Waals surface area contributed by atoms with Crippen LogP contribution in [0.4, 0.5) is 10.1 Å². The van der Waals surface area contributed by atoms with Gasteiger partial charge in [0.1, 0.15) is 0 Å². The molecular weight excluding hydrogens is 277 g/mol. The van der Waals surface area contributed by atoms with Gasteiger partial charge in [-0.1, -0.05) is 12.1 Å². The summed E-state index contributed by atoms with van der Waals surface area (Å²) in [6.45, 7) is 3.27. The van der Waals surface area contributed by atoms with E-state index in [2.05, 4.69) is 0 Å². The normalized spacial score (nSPS) is 12.0. The van der Waals surface area contributed by atoms with E-state index < -0.39 is 16.8 Å². The molecule has 0 saturated carbocycles. The van der Waals surface area contributed by atoms with E-state index in [0.29, 0.717) is 5.56 Å². The molecular formula is C15H14FNO4. The second-order valence-electron chi connectivity index (χ2n) is 4.70. The number of aliphatic hydroxyl groups excluding tert-OH is 1. The van der Waals surface area contributed by atoms with Gasteiger partial charge in [-0.25, -0.2) is 4.39 Å². The molecule has 0 aliphatic heterocycles. The maximum absolute atomic E-state index is 13.9. The largest absolute Gasteiger partial charge is 0.447 e. The Morgan fingerprint density at radius 1 is 1.24 bits per heavy atom. The first kappa shape index (κ1) is 14.9. The summed E-state index contributed by atoms with van der Waals surface area (Å²) in [5, 5.41) is 20.3. The maximum atomic E-state index is 13.9. The van der Waals surface area contributed by atoms with E-state index in [1.54, 1.807) is 13.0 Å². The SMILES string of the molecule is Cc1ccc([N+](=O)[O-])c(Oc2ccc([C@H](C)O)cc2F)c1. The van der Waals surface area contributed by atoms with Gasteiger partial charge >= 0.3 is 5.69 Å². The minimum absolute atomic E-state index is 0.0244. The van der Waals surface area contributed by atoms with Crippen molar-refractivity contribution in [1.82, 2.24) is 0 Å². The number of halogens is 1. The molecule has 2 aromatic rings. The fraction of sp³-hybridized carbons (Fsp3) is 0.200. The molecule has 2 aromatic carbocycles. The molecule has 0 aromatic heterocycles. The average molecular weight is 291 g/mol. The first-order valence-corrected chi connectivity index (χ1v) is 6.29. The van der Waals surface area contributed by atoms with Crippen molar-refractivity contribution in [1.29, 1.82) is 0 Å². The fourth-order valence-electron chi connectivity index (χ4n) is 1.83. The van der Waals surface area contributed by atoms with E-state index in [-0.39, 0.29) is 17.2 Å². The molecule has 0 radical (unpaired) electrons. The van der Waals surface area contributed by atoms with Crippen LogP contribution in [0.15, 0.2) is 36.4 Å². The van der Waals surface area contributed by atoms with Crippen LogP contribution in [0.2, 0.25) is 0 Å². The van der Waals surface area contributed by atoms with Gasteiger partial charge in [0.2, 0.25) is 5.75 Å². The smallest absolute Gasteiger partial charge is 0.311 e. The highest BCUT2D eigenvalue weighted by molar-refractivity contribution is 5.50. The topological polar surface area (TPSA) is 72.6 Å². The summed E-state index contributed by atoms with van der Waals surface area (Å²) >= 11 is 0. The zero-order chi connectivity index (χ0) is 15.6. The second kappa shape index (κ2) is 5.88. The molecule has 0 amide bonds. The Kier molecular flexibility index (Phi) is 4.18. The molecule has 1 atom stereocenters. The molecule has 6 heteroatoms. The van der Waals surface area contributed by atoms with Crippen LogP contribution >= 0.6 is 0 Å². The number of rotatable bonds is 4. The molecule has 0 spiro atoms. The first-order valence-electron chi connectivity index (χ1n) is 6.29. The Labute approximate surface area is 120 Å². The lowest BCUT2D eigenvalue weighted by molar-refractivity contribution is -0.385. The molecule has 0 heterocycles. The lowest BCUT2D eigenvalue weighted by Crippen LogP contribution is -1.97. The van der Waals surface area contributed by atoms with Crippen molar-refractivity contribution < 1.29 is 19.2 Å². The van der Waals surface area contributed by atoms with E-state index in [4.69, 9.17) is 4.74 Å². The molecule has 0 aliphatic carbocycles. The average Bonchev–Trinajstić information content (AvgIpc) is 2.40. The van der Waals surface area contributed by atoms with E-state index in [9.17, 15) is 19.6 Å². The zero-order valence-electron chi connectivity index (χ0n) is 11.5. The summed E-state index contributed by atoms with van der Waals surface area (Å²) in [4.78, 5) is 10.4. The molecule has 2 rings (SSSR count). The highest BCUT2D eigenvalue weighted by Gasteiger charge is 2.17. The predicted molar refractivity (Wildman–Crippen MR) is 74.9 cm³/mol. The number of nitro benzene ring substituents is 1. The van der Waals surface area contributed by atoms with Crippen LogP contribution in [0.25, 0.3) is 0 Å². The lowest BCUT2D eigenvalue weighted by atomic mass is 10.1. The number of aliphatic hydroxyl groups is 1. The predicted octanol–water partition coefficient (Wildman–Crippen LogP) is 3.89. The highest BCUT2D eigenvalue weighted by Crippen LogP contribution is 2.34. The monoisotopic (exact) mass is 291 g/mol. The molecule has 110 valence electrons. The summed E-state index contributed by atoms with van der Waals surface area (Å²) in [5.41, 5.74) is 0.926. The molecule has 1 N–H and O–H groups in total. The van der Waals surface area contributed by atoms with E-state index in [1.807, 2.05) is 0 Å². The molecule has 21 heavy (non-hydrogen) atoms. The lowest BCUT2D eigenvalue weighted by Gasteiger charge is -2.10. The van der Waals surface area contributed by atoms with Gasteiger partial charge in [0.25, 0.3) is 0 Å². The van der Waals surface area contributed by atoms with Gasteiger partial charge in [0.05, 0.1) is 11.0 Å². The molecule has 5 nitrogen and oxygen atoms in total. The third kappa shape index (κ3) is 3.35. The summed E-state index contributed by atoms with van der Waals surface area (Å²) in [6.07, 6.45) is -0.804. The van der Waals surface area contributed by atoms with Crippen LogP contribution < -0.4 is 4.74 Å². The van der Waals surface area contributed by atoms with Gasteiger partial charge in [-0.15, -0.1) is 0 Å². The Morgan fingerprint density at radius 2 is 1.95 bits per heavy atom. The summed E-state index contributed by atoms with van der Waals surface area (Å²) in [5.74, 6) is -0.846. The van der Waals surface area contributed by atoms with Crippen molar-refractivity contribution in [3.63, 3.8) is 0 Å². The van der Waals surface area contributed by atoms with Crippen molar-refractivity contribution in [2.75, 3.05) is 0 Å². The van der Waals surface area contributed by atoms with Crippen molar-refractivity contribution in [2.45, 2.75) is 20.0 Å². The van der Waals surface area contributed by atoms with Crippen LogP contribution in [-0.4, -0.2) is 10.0 Å². The third-order valence-corrected chi connectivity index (χ3v) is 2.97. The van der Waals surface area contributed by atoms with Crippen molar-refractivity contribution >= 4 is 5.69 Å². The number of nitro groups is 1. The number of ether oxygens (including phenoxy) is 1. The molecule has 0 fully saturated rings. The standard InChI is InChI=1S/C15H14FNO4/c1-9-3-5-13(17(19)20)15(7-9)21-14-6-4-11(10(2)18)8-12(14)16/h3-8,10,18H,1-2H3/t10-/m0/s1. The number of aryl methyl sites for hydroxylation is 1. The Hall–Kier alpha value is -2.47. The van der Waals surface area contributed by atoms with Gasteiger partial charge in [-0.05, 0) is 43.2 Å². The van der Waals surface area contributed by atoms with Gasteiger partial charge < -0.3 is 9.84 Å². The number of hydrogen-bond acceptors (Lipinski definition) is 4. The van der Waals surface area contributed by atoms with E-state index in [0.717, 1.165) is 11.6 Å². The molecule has 0 unspecified atom stereocenters. The summed E-state index contributed by atoms with van der Waals surface area (Å²) < 4.78 is 19.2. The van der Waals surface area contributed by atoms with Gasteiger partial charge in [-0.2, -0.15) is 0 Å². The minimum Gasteiger partial charge on any atom is -0.447 e. The summed E-state index contributed by atoms with van der Waals surface area (Å²) in [6, 6.07) is 8.35. The maximum Gasteiger partial charge on any atom is 0.311 e. The van der Waals surface area contributed by atoms with Crippen LogP contribution in [0.3, 0.4) is 0 Å². The van der Waals surface area contributed by atoms with Gasteiger partial charge in [0.15, 0.2) is 11.6 Å².